The fraction of sp³-hybridized carbons (Fsp3) is 0.364. The topological polar surface area (TPSA) is 61.9 Å². The van der Waals surface area contributed by atoms with Crippen molar-refractivity contribution in [1.29, 1.82) is 0 Å². The highest BCUT2D eigenvalue weighted by atomic mass is 16.5. The Morgan fingerprint density at radius 3 is 2.14 bits per heavy atom. The van der Waals surface area contributed by atoms with Crippen LogP contribution in [0.5, 0.6) is 0 Å². The van der Waals surface area contributed by atoms with Gasteiger partial charge in [-0.25, -0.2) is 9.69 Å². The fourth-order valence-corrected chi connectivity index (χ4v) is 3.99. The number of imide groups is 1. The summed E-state index contributed by atoms with van der Waals surface area (Å²) in [5, 5.41) is 2.99. The summed E-state index contributed by atoms with van der Waals surface area (Å²) in [5.41, 5.74) is 0.302. The third-order valence-corrected chi connectivity index (χ3v) is 5.58. The van der Waals surface area contributed by atoms with E-state index in [-0.39, 0.29) is 30.8 Å². The molecule has 0 aromatic heterocycles. The van der Waals surface area contributed by atoms with Gasteiger partial charge in [-0.15, -0.1) is 0 Å². The van der Waals surface area contributed by atoms with Gasteiger partial charge >= 0.3 is 6.03 Å². The molecule has 0 spiro atoms. The summed E-state index contributed by atoms with van der Waals surface area (Å²) in [6, 6.07) is 18.6. The molecule has 3 amide bonds. The highest BCUT2D eigenvalue weighted by Crippen LogP contribution is 2.36. The van der Waals surface area contributed by atoms with Crippen LogP contribution < -0.4 is 5.32 Å². The van der Waals surface area contributed by atoms with E-state index in [1.807, 2.05) is 74.5 Å². The highest BCUT2D eigenvalue weighted by molar-refractivity contribution is 6.09. The molecule has 28 heavy (non-hydrogen) atoms. The summed E-state index contributed by atoms with van der Waals surface area (Å²) in [7, 11) is 0. The molecule has 2 aliphatic heterocycles. The van der Waals surface area contributed by atoms with Crippen molar-refractivity contribution in [1.82, 2.24) is 15.1 Å². The van der Waals surface area contributed by atoms with E-state index in [0.29, 0.717) is 13.2 Å². The van der Waals surface area contributed by atoms with Gasteiger partial charge in [0.15, 0.2) is 5.54 Å². The molecule has 2 atom stereocenters. The third-order valence-electron chi connectivity index (χ3n) is 5.58. The Labute approximate surface area is 165 Å². The minimum atomic E-state index is -1.21. The molecule has 6 nitrogen and oxygen atoms in total. The molecule has 2 saturated heterocycles. The first-order valence-corrected chi connectivity index (χ1v) is 9.63. The van der Waals surface area contributed by atoms with Gasteiger partial charge in [-0.2, -0.15) is 0 Å². The van der Waals surface area contributed by atoms with E-state index < -0.39 is 5.54 Å². The maximum atomic E-state index is 13.7. The lowest BCUT2D eigenvalue weighted by atomic mass is 9.83. The zero-order valence-corrected chi connectivity index (χ0v) is 16.2. The Balaban J connectivity index is 1.71. The van der Waals surface area contributed by atoms with E-state index in [0.717, 1.165) is 11.1 Å². The number of nitrogens with one attached hydrogen (secondary N) is 1. The standard InChI is InChI=1S/C22H25N3O3/c1-16-14-28-17(2)13-24(16)15-25-20(26)22(23-21(25)27,18-9-5-3-6-10-18)19-11-7-4-8-12-19/h3-12,16-17H,13-15H2,1-2H3,(H,23,27). The summed E-state index contributed by atoms with van der Waals surface area (Å²) in [6.45, 7) is 5.57. The molecular weight excluding hydrogens is 354 g/mol. The molecule has 2 aromatic carbocycles. The second-order valence-electron chi connectivity index (χ2n) is 7.55. The maximum Gasteiger partial charge on any atom is 0.326 e. The average Bonchev–Trinajstić information content (AvgIpc) is 2.97. The Morgan fingerprint density at radius 1 is 1.00 bits per heavy atom. The number of nitrogens with zero attached hydrogens (tertiary/aromatic N) is 2. The fourth-order valence-electron chi connectivity index (χ4n) is 3.99. The van der Waals surface area contributed by atoms with Crippen molar-refractivity contribution in [2.45, 2.75) is 31.5 Å². The van der Waals surface area contributed by atoms with Gasteiger partial charge in [-0.1, -0.05) is 60.7 Å². The molecule has 146 valence electrons. The Morgan fingerprint density at radius 2 is 1.57 bits per heavy atom. The molecule has 0 bridgehead atoms. The summed E-state index contributed by atoms with van der Waals surface area (Å²) in [4.78, 5) is 30.1. The van der Waals surface area contributed by atoms with Crippen LogP contribution in [-0.2, 0) is 15.1 Å². The molecule has 2 fully saturated rings. The van der Waals surface area contributed by atoms with Crippen LogP contribution in [0, 0.1) is 0 Å². The van der Waals surface area contributed by atoms with Gasteiger partial charge in [-0.05, 0) is 25.0 Å². The number of amides is 3. The Kier molecular flexibility index (Phi) is 4.91. The predicted octanol–water partition coefficient (Wildman–Crippen LogP) is 2.55. The van der Waals surface area contributed by atoms with Gasteiger partial charge in [0.2, 0.25) is 0 Å². The van der Waals surface area contributed by atoms with Crippen LogP contribution in [0.4, 0.5) is 4.79 Å². The van der Waals surface area contributed by atoms with Crippen molar-refractivity contribution < 1.29 is 14.3 Å². The number of morpholine rings is 1. The average molecular weight is 379 g/mol. The number of carbonyl (C=O) groups excluding carboxylic acids is 2. The first-order valence-electron chi connectivity index (χ1n) is 9.63. The molecule has 6 heteroatoms. The summed E-state index contributed by atoms with van der Waals surface area (Å²) < 4.78 is 5.67. The number of ether oxygens (including phenoxy) is 1. The lowest BCUT2D eigenvalue weighted by Crippen LogP contribution is -2.53. The first-order chi connectivity index (χ1) is 13.5. The van der Waals surface area contributed by atoms with Gasteiger partial charge in [0.1, 0.15) is 0 Å². The van der Waals surface area contributed by atoms with Crippen molar-refractivity contribution in [3.8, 4) is 0 Å². The number of hydrogen-bond acceptors (Lipinski definition) is 4. The molecule has 1 N–H and O–H groups in total. The number of carbonyl (C=O) groups is 2. The molecule has 2 aliphatic rings. The molecule has 0 aliphatic carbocycles. The zero-order valence-electron chi connectivity index (χ0n) is 16.2. The Hall–Kier alpha value is -2.70. The van der Waals surface area contributed by atoms with Crippen molar-refractivity contribution >= 4 is 11.9 Å². The minimum Gasteiger partial charge on any atom is -0.376 e. The molecule has 0 saturated carbocycles. The summed E-state index contributed by atoms with van der Waals surface area (Å²) in [5.74, 6) is -0.249. The normalized spacial score (nSPS) is 25.0. The second-order valence-corrected chi connectivity index (χ2v) is 7.55. The van der Waals surface area contributed by atoms with Crippen molar-refractivity contribution in [2.75, 3.05) is 19.8 Å². The number of rotatable bonds is 4. The second kappa shape index (κ2) is 7.37. The smallest absolute Gasteiger partial charge is 0.326 e. The van der Waals surface area contributed by atoms with Crippen LogP contribution in [0.3, 0.4) is 0 Å². The Bertz CT molecular complexity index is 816. The van der Waals surface area contributed by atoms with Crippen molar-refractivity contribution in [2.24, 2.45) is 0 Å². The summed E-state index contributed by atoms with van der Waals surface area (Å²) in [6.07, 6.45) is 0.0740. The van der Waals surface area contributed by atoms with E-state index in [2.05, 4.69) is 10.2 Å². The van der Waals surface area contributed by atoms with E-state index in [1.54, 1.807) is 0 Å². The predicted molar refractivity (Wildman–Crippen MR) is 105 cm³/mol. The molecule has 2 heterocycles. The van der Waals surface area contributed by atoms with Gasteiger partial charge in [-0.3, -0.25) is 9.69 Å². The summed E-state index contributed by atoms with van der Waals surface area (Å²) >= 11 is 0. The molecule has 4 rings (SSSR count). The van der Waals surface area contributed by atoms with Crippen LogP contribution in [-0.4, -0.2) is 53.7 Å². The van der Waals surface area contributed by atoms with Crippen LogP contribution in [0.15, 0.2) is 60.7 Å². The quantitative estimate of drug-likeness (QED) is 0.830. The SMILES string of the molecule is CC1CN(CN2C(=O)NC(c3ccccc3)(c3ccccc3)C2=O)C(C)CO1. The van der Waals surface area contributed by atoms with Crippen LogP contribution in [0.2, 0.25) is 0 Å². The first kappa shape index (κ1) is 18.7. The molecule has 2 aromatic rings. The van der Waals surface area contributed by atoms with Gasteiger partial charge in [0.05, 0.1) is 19.4 Å². The van der Waals surface area contributed by atoms with Gasteiger partial charge in [0, 0.05) is 12.6 Å². The molecule has 0 radical (unpaired) electrons. The lowest BCUT2D eigenvalue weighted by Gasteiger charge is -2.38. The van der Waals surface area contributed by atoms with E-state index >= 15 is 0 Å². The highest BCUT2D eigenvalue weighted by Gasteiger charge is 2.54. The number of benzene rings is 2. The van der Waals surface area contributed by atoms with Crippen LogP contribution >= 0.6 is 0 Å². The van der Waals surface area contributed by atoms with Gasteiger partial charge < -0.3 is 10.1 Å². The van der Waals surface area contributed by atoms with Crippen LogP contribution in [0.1, 0.15) is 25.0 Å². The van der Waals surface area contributed by atoms with E-state index in [4.69, 9.17) is 4.74 Å². The van der Waals surface area contributed by atoms with Gasteiger partial charge in [0.25, 0.3) is 5.91 Å². The lowest BCUT2D eigenvalue weighted by molar-refractivity contribution is -0.134. The van der Waals surface area contributed by atoms with E-state index in [9.17, 15) is 9.59 Å². The zero-order chi connectivity index (χ0) is 19.7. The van der Waals surface area contributed by atoms with Crippen molar-refractivity contribution in [3.05, 3.63) is 71.8 Å². The largest absolute Gasteiger partial charge is 0.376 e. The molecule has 2 unspecified atom stereocenters. The van der Waals surface area contributed by atoms with E-state index in [1.165, 1.54) is 4.90 Å². The number of urea groups is 1. The maximum absolute atomic E-state index is 13.7. The van der Waals surface area contributed by atoms with Crippen molar-refractivity contribution in [3.63, 3.8) is 0 Å². The minimum absolute atomic E-state index is 0.0740. The number of hydrogen-bond donors (Lipinski definition) is 1. The monoisotopic (exact) mass is 379 g/mol. The third kappa shape index (κ3) is 3.08. The van der Waals surface area contributed by atoms with Crippen LogP contribution in [0.25, 0.3) is 0 Å². The molecular formula is C22H25N3O3.